The lowest BCUT2D eigenvalue weighted by Gasteiger charge is -2.24. The van der Waals surface area contributed by atoms with E-state index in [1.165, 1.54) is 0 Å². The third-order valence-corrected chi connectivity index (χ3v) is 3.08. The molecule has 4 heteroatoms. The Labute approximate surface area is 94.7 Å². The zero-order valence-corrected chi connectivity index (χ0v) is 9.04. The molecule has 0 aromatic heterocycles. The molecule has 1 aliphatic rings. The first kappa shape index (κ1) is 11.0. The minimum atomic E-state index is -0.465. The predicted molar refractivity (Wildman–Crippen MR) is 60.8 cm³/mol. The van der Waals surface area contributed by atoms with Crippen molar-refractivity contribution in [3.05, 3.63) is 35.9 Å². The Morgan fingerprint density at radius 1 is 1.44 bits per heavy atom. The Morgan fingerprint density at radius 3 is 2.75 bits per heavy atom. The number of hydrogen-bond acceptors (Lipinski definition) is 2. The second-order valence-corrected chi connectivity index (χ2v) is 4.14. The number of urea groups is 1. The van der Waals surface area contributed by atoms with E-state index in [0.717, 1.165) is 5.56 Å². The molecule has 86 valence electrons. The zero-order chi connectivity index (χ0) is 11.5. The number of aliphatic hydroxyl groups is 1. The maximum atomic E-state index is 11.2. The lowest BCUT2D eigenvalue weighted by molar-refractivity contribution is 0.125. The summed E-state index contributed by atoms with van der Waals surface area (Å²) in [6.07, 6.45) is 0.804. The van der Waals surface area contributed by atoms with Crippen molar-refractivity contribution < 1.29 is 9.90 Å². The number of aliphatic hydroxyl groups excluding tert-OH is 1. The fourth-order valence-electron chi connectivity index (χ4n) is 2.21. The Morgan fingerprint density at radius 2 is 2.12 bits per heavy atom. The minimum absolute atomic E-state index is 0.181. The molecule has 0 bridgehead atoms. The molecule has 2 amide bonds. The Balaban J connectivity index is 2.10. The number of likely N-dealkylation sites (tertiary alicyclic amines) is 1. The van der Waals surface area contributed by atoms with E-state index in [4.69, 9.17) is 5.73 Å². The van der Waals surface area contributed by atoms with Gasteiger partial charge in [0.05, 0.1) is 12.1 Å². The van der Waals surface area contributed by atoms with Crippen molar-refractivity contribution >= 4 is 6.03 Å². The van der Waals surface area contributed by atoms with Crippen LogP contribution < -0.4 is 5.73 Å². The van der Waals surface area contributed by atoms with Crippen LogP contribution in [0.5, 0.6) is 0 Å². The summed E-state index contributed by atoms with van der Waals surface area (Å²) in [5, 5.41) is 9.82. The molecule has 1 aromatic rings. The second-order valence-electron chi connectivity index (χ2n) is 4.14. The SMILES string of the molecule is NC(=O)N1CC[C@H](O)[C@@H]1Cc1ccccc1. The number of benzene rings is 1. The van der Waals surface area contributed by atoms with Crippen molar-refractivity contribution in [2.24, 2.45) is 5.73 Å². The van der Waals surface area contributed by atoms with Gasteiger partial charge in [0.1, 0.15) is 0 Å². The van der Waals surface area contributed by atoms with E-state index < -0.39 is 12.1 Å². The van der Waals surface area contributed by atoms with E-state index in [2.05, 4.69) is 0 Å². The van der Waals surface area contributed by atoms with Gasteiger partial charge in [-0.15, -0.1) is 0 Å². The van der Waals surface area contributed by atoms with E-state index in [1.54, 1.807) is 4.90 Å². The van der Waals surface area contributed by atoms with Gasteiger partial charge in [-0.1, -0.05) is 30.3 Å². The van der Waals surface area contributed by atoms with Crippen LogP contribution in [0, 0.1) is 0 Å². The highest BCUT2D eigenvalue weighted by Gasteiger charge is 2.34. The molecular formula is C12H16N2O2. The molecule has 1 aliphatic heterocycles. The largest absolute Gasteiger partial charge is 0.391 e. The zero-order valence-electron chi connectivity index (χ0n) is 9.04. The fraction of sp³-hybridized carbons (Fsp3) is 0.417. The number of nitrogens with two attached hydrogens (primary N) is 1. The van der Waals surface area contributed by atoms with Crippen LogP contribution in [0.25, 0.3) is 0 Å². The first-order valence-electron chi connectivity index (χ1n) is 5.46. The molecule has 2 rings (SSSR count). The maximum Gasteiger partial charge on any atom is 0.315 e. The number of rotatable bonds is 2. The molecule has 1 aromatic carbocycles. The second kappa shape index (κ2) is 4.53. The lowest BCUT2D eigenvalue weighted by atomic mass is 10.0. The molecule has 1 saturated heterocycles. The summed E-state index contributed by atoms with van der Waals surface area (Å²) in [4.78, 5) is 12.7. The number of hydrogen-bond donors (Lipinski definition) is 2. The molecule has 0 saturated carbocycles. The van der Waals surface area contributed by atoms with Crippen molar-refractivity contribution in [3.8, 4) is 0 Å². The molecule has 0 spiro atoms. The highest BCUT2D eigenvalue weighted by atomic mass is 16.3. The van der Waals surface area contributed by atoms with E-state index in [9.17, 15) is 9.90 Å². The molecule has 4 nitrogen and oxygen atoms in total. The predicted octanol–water partition coefficient (Wildman–Crippen LogP) is 0.743. The van der Waals surface area contributed by atoms with E-state index in [0.29, 0.717) is 19.4 Å². The fourth-order valence-corrected chi connectivity index (χ4v) is 2.21. The highest BCUT2D eigenvalue weighted by molar-refractivity contribution is 5.72. The van der Waals surface area contributed by atoms with Crippen molar-refractivity contribution in [1.29, 1.82) is 0 Å². The molecular weight excluding hydrogens is 204 g/mol. The Hall–Kier alpha value is -1.55. The van der Waals surface area contributed by atoms with Gasteiger partial charge in [0.25, 0.3) is 0 Å². The smallest absolute Gasteiger partial charge is 0.315 e. The molecule has 16 heavy (non-hydrogen) atoms. The van der Waals surface area contributed by atoms with Crippen LogP contribution in [0.15, 0.2) is 30.3 Å². The van der Waals surface area contributed by atoms with Gasteiger partial charge < -0.3 is 15.7 Å². The van der Waals surface area contributed by atoms with Gasteiger partial charge in [-0.05, 0) is 18.4 Å². The van der Waals surface area contributed by atoms with Crippen LogP contribution in [0.3, 0.4) is 0 Å². The number of primary amides is 1. The molecule has 0 radical (unpaired) electrons. The van der Waals surface area contributed by atoms with E-state index in [1.807, 2.05) is 30.3 Å². The standard InChI is InChI=1S/C12H16N2O2/c13-12(16)14-7-6-11(15)10(14)8-9-4-2-1-3-5-9/h1-5,10-11,15H,6-8H2,(H2,13,16)/t10-,11-/m0/s1. The molecule has 3 N–H and O–H groups in total. The van der Waals surface area contributed by atoms with Crippen LogP contribution in [0.4, 0.5) is 4.79 Å². The number of nitrogens with zero attached hydrogens (tertiary/aromatic N) is 1. The summed E-state index contributed by atoms with van der Waals surface area (Å²) in [6, 6.07) is 9.20. The quantitative estimate of drug-likeness (QED) is 0.772. The molecule has 1 heterocycles. The van der Waals surface area contributed by atoms with E-state index >= 15 is 0 Å². The molecule has 0 aliphatic carbocycles. The molecule has 1 fully saturated rings. The average molecular weight is 220 g/mol. The van der Waals surface area contributed by atoms with Crippen LogP contribution in [-0.2, 0) is 6.42 Å². The summed E-state index contributed by atoms with van der Waals surface area (Å²) in [6.45, 7) is 0.550. The first-order chi connectivity index (χ1) is 7.68. The summed E-state index contributed by atoms with van der Waals surface area (Å²) < 4.78 is 0. The number of amides is 2. The van der Waals surface area contributed by atoms with Gasteiger partial charge in [-0.3, -0.25) is 0 Å². The normalized spacial score (nSPS) is 24.7. The van der Waals surface area contributed by atoms with Crippen LogP contribution in [-0.4, -0.2) is 34.7 Å². The topological polar surface area (TPSA) is 66.6 Å². The summed E-state index contributed by atoms with van der Waals surface area (Å²) >= 11 is 0. The van der Waals surface area contributed by atoms with Crippen LogP contribution in [0.1, 0.15) is 12.0 Å². The number of carbonyl (C=O) groups is 1. The summed E-state index contributed by atoms with van der Waals surface area (Å²) in [7, 11) is 0. The monoisotopic (exact) mass is 220 g/mol. The van der Waals surface area contributed by atoms with Gasteiger partial charge in [0.15, 0.2) is 0 Å². The average Bonchev–Trinajstić information content (AvgIpc) is 2.62. The van der Waals surface area contributed by atoms with Crippen molar-refractivity contribution in [3.63, 3.8) is 0 Å². The van der Waals surface area contributed by atoms with E-state index in [-0.39, 0.29) is 6.04 Å². The Kier molecular flexibility index (Phi) is 3.10. The summed E-state index contributed by atoms with van der Waals surface area (Å²) in [5.41, 5.74) is 6.39. The maximum absolute atomic E-state index is 11.2. The van der Waals surface area contributed by atoms with Crippen LogP contribution in [0.2, 0.25) is 0 Å². The third kappa shape index (κ3) is 2.17. The molecule has 0 unspecified atom stereocenters. The van der Waals surface area contributed by atoms with Gasteiger partial charge in [-0.25, -0.2) is 4.79 Å². The van der Waals surface area contributed by atoms with Gasteiger partial charge >= 0.3 is 6.03 Å². The third-order valence-electron chi connectivity index (χ3n) is 3.08. The molecule has 2 atom stereocenters. The van der Waals surface area contributed by atoms with Gasteiger partial charge in [-0.2, -0.15) is 0 Å². The lowest BCUT2D eigenvalue weighted by Crippen LogP contribution is -2.43. The Bertz CT molecular complexity index is 367. The van der Waals surface area contributed by atoms with Gasteiger partial charge in [0.2, 0.25) is 0 Å². The number of carbonyl (C=O) groups excluding carboxylic acids is 1. The van der Waals surface area contributed by atoms with Crippen LogP contribution >= 0.6 is 0 Å². The summed E-state index contributed by atoms with van der Waals surface area (Å²) in [5.74, 6) is 0. The minimum Gasteiger partial charge on any atom is -0.391 e. The first-order valence-corrected chi connectivity index (χ1v) is 5.46. The highest BCUT2D eigenvalue weighted by Crippen LogP contribution is 2.21. The van der Waals surface area contributed by atoms with Crippen molar-refractivity contribution in [2.45, 2.75) is 25.0 Å². The van der Waals surface area contributed by atoms with Crippen molar-refractivity contribution in [1.82, 2.24) is 4.90 Å². The van der Waals surface area contributed by atoms with Gasteiger partial charge in [0, 0.05) is 6.54 Å². The van der Waals surface area contributed by atoms with Crippen molar-refractivity contribution in [2.75, 3.05) is 6.54 Å².